The molecule has 6 heteroatoms. The highest BCUT2D eigenvalue weighted by molar-refractivity contribution is 7.99. The highest BCUT2D eigenvalue weighted by Crippen LogP contribution is 2.28. The van der Waals surface area contributed by atoms with Gasteiger partial charge >= 0.3 is 0 Å². The van der Waals surface area contributed by atoms with Crippen LogP contribution in [0.3, 0.4) is 0 Å². The van der Waals surface area contributed by atoms with Crippen molar-refractivity contribution in [2.45, 2.75) is 37.0 Å². The number of anilines is 1. The van der Waals surface area contributed by atoms with Crippen molar-refractivity contribution in [3.8, 4) is 0 Å². The molecule has 1 aliphatic rings. The highest BCUT2D eigenvalue weighted by Gasteiger charge is 2.22. The fourth-order valence-electron chi connectivity index (χ4n) is 2.59. The molecule has 1 fully saturated rings. The van der Waals surface area contributed by atoms with E-state index in [0.717, 1.165) is 18.1 Å². The Morgan fingerprint density at radius 2 is 2.32 bits per heavy atom. The van der Waals surface area contributed by atoms with Crippen LogP contribution in [-0.2, 0) is 0 Å². The minimum atomic E-state index is -0.302. The van der Waals surface area contributed by atoms with Crippen LogP contribution in [0.25, 0.3) is 5.65 Å². The first kappa shape index (κ1) is 12.7. The summed E-state index contributed by atoms with van der Waals surface area (Å²) in [6, 6.07) is 3.46. The number of fused-ring (bicyclic) bond motifs is 1. The van der Waals surface area contributed by atoms with Crippen molar-refractivity contribution in [3.63, 3.8) is 0 Å². The number of nitrogens with one attached hydrogen (secondary N) is 1. The molecule has 0 aromatic carbocycles. The van der Waals surface area contributed by atoms with Crippen LogP contribution in [0.5, 0.6) is 0 Å². The third-order valence-corrected chi connectivity index (χ3v) is 4.68. The number of hydrogen-bond acceptors (Lipinski definition) is 4. The van der Waals surface area contributed by atoms with Gasteiger partial charge in [0.2, 0.25) is 5.95 Å². The van der Waals surface area contributed by atoms with E-state index < -0.39 is 0 Å². The first-order chi connectivity index (χ1) is 9.24. The first-order valence-corrected chi connectivity index (χ1v) is 7.84. The van der Waals surface area contributed by atoms with E-state index in [-0.39, 0.29) is 5.82 Å². The summed E-state index contributed by atoms with van der Waals surface area (Å²) in [7, 11) is 0. The van der Waals surface area contributed by atoms with Crippen molar-refractivity contribution in [1.82, 2.24) is 14.6 Å². The van der Waals surface area contributed by atoms with Crippen LogP contribution < -0.4 is 5.32 Å². The van der Waals surface area contributed by atoms with Crippen LogP contribution in [0.2, 0.25) is 0 Å². The average molecular weight is 280 g/mol. The van der Waals surface area contributed by atoms with Gasteiger partial charge in [-0.3, -0.25) is 0 Å². The van der Waals surface area contributed by atoms with Crippen LogP contribution in [-0.4, -0.2) is 32.1 Å². The zero-order valence-corrected chi connectivity index (χ0v) is 11.7. The normalized spacial score (nSPS) is 23.7. The maximum absolute atomic E-state index is 13.1. The maximum atomic E-state index is 13.1. The lowest BCUT2D eigenvalue weighted by atomic mass is 9.95. The van der Waals surface area contributed by atoms with Gasteiger partial charge in [0, 0.05) is 11.3 Å². The van der Waals surface area contributed by atoms with Crippen molar-refractivity contribution in [3.05, 3.63) is 24.1 Å². The number of hydrogen-bond donors (Lipinski definition) is 1. The number of thioether (sulfide) groups is 1. The van der Waals surface area contributed by atoms with Gasteiger partial charge in [0.25, 0.3) is 0 Å². The number of aromatic nitrogens is 3. The Kier molecular flexibility index (Phi) is 3.59. The molecule has 0 saturated heterocycles. The van der Waals surface area contributed by atoms with Crippen LogP contribution >= 0.6 is 11.8 Å². The summed E-state index contributed by atoms with van der Waals surface area (Å²) in [6.07, 6.45) is 8.35. The number of pyridine rings is 1. The molecule has 1 aliphatic carbocycles. The van der Waals surface area contributed by atoms with Crippen molar-refractivity contribution >= 4 is 23.4 Å². The lowest BCUT2D eigenvalue weighted by Gasteiger charge is -2.28. The SMILES string of the molecule is CSC1CCCC(Nc2nc3ccc(F)cn3n2)C1. The average Bonchev–Trinajstić information content (AvgIpc) is 2.80. The van der Waals surface area contributed by atoms with Crippen LogP contribution in [0.1, 0.15) is 25.7 Å². The van der Waals surface area contributed by atoms with E-state index in [1.165, 1.54) is 29.6 Å². The first-order valence-electron chi connectivity index (χ1n) is 6.56. The summed E-state index contributed by atoms with van der Waals surface area (Å²) in [5, 5.41) is 8.36. The van der Waals surface area contributed by atoms with E-state index in [4.69, 9.17) is 0 Å². The Labute approximate surface area is 115 Å². The number of halogens is 1. The van der Waals surface area contributed by atoms with E-state index in [9.17, 15) is 4.39 Å². The van der Waals surface area contributed by atoms with E-state index in [2.05, 4.69) is 21.7 Å². The number of rotatable bonds is 3. The zero-order valence-electron chi connectivity index (χ0n) is 10.8. The van der Waals surface area contributed by atoms with E-state index in [1.807, 2.05) is 11.8 Å². The fraction of sp³-hybridized carbons (Fsp3) is 0.538. The number of nitrogens with zero attached hydrogens (tertiary/aromatic N) is 3. The molecule has 0 amide bonds. The zero-order chi connectivity index (χ0) is 13.2. The van der Waals surface area contributed by atoms with Gasteiger partial charge in [-0.25, -0.2) is 8.91 Å². The maximum Gasteiger partial charge on any atom is 0.243 e. The highest BCUT2D eigenvalue weighted by atomic mass is 32.2. The second-order valence-electron chi connectivity index (χ2n) is 4.95. The molecular formula is C13H17FN4S. The van der Waals surface area contributed by atoms with Gasteiger partial charge in [-0.2, -0.15) is 16.7 Å². The molecule has 3 rings (SSSR count). The van der Waals surface area contributed by atoms with Crippen molar-refractivity contribution in [1.29, 1.82) is 0 Å². The topological polar surface area (TPSA) is 42.2 Å². The molecule has 19 heavy (non-hydrogen) atoms. The molecule has 2 unspecified atom stereocenters. The third-order valence-electron chi connectivity index (χ3n) is 3.59. The summed E-state index contributed by atoms with van der Waals surface area (Å²) >= 11 is 1.93. The Morgan fingerprint density at radius 1 is 1.42 bits per heavy atom. The molecule has 2 atom stereocenters. The van der Waals surface area contributed by atoms with E-state index in [0.29, 0.717) is 17.6 Å². The summed E-state index contributed by atoms with van der Waals surface area (Å²) in [5.74, 6) is 0.293. The predicted molar refractivity (Wildman–Crippen MR) is 76.1 cm³/mol. The molecule has 2 aromatic rings. The van der Waals surface area contributed by atoms with Gasteiger partial charge < -0.3 is 5.32 Å². The largest absolute Gasteiger partial charge is 0.350 e. The van der Waals surface area contributed by atoms with Crippen molar-refractivity contribution in [2.24, 2.45) is 0 Å². The van der Waals surface area contributed by atoms with Gasteiger partial charge in [0.05, 0.1) is 6.20 Å². The minimum absolute atomic E-state index is 0.302. The van der Waals surface area contributed by atoms with Gasteiger partial charge in [-0.15, -0.1) is 5.10 Å². The Morgan fingerprint density at radius 3 is 3.16 bits per heavy atom. The monoisotopic (exact) mass is 280 g/mol. The molecule has 102 valence electrons. The summed E-state index contributed by atoms with van der Waals surface area (Å²) in [6.45, 7) is 0. The fourth-order valence-corrected chi connectivity index (χ4v) is 3.42. The van der Waals surface area contributed by atoms with Gasteiger partial charge in [-0.1, -0.05) is 6.42 Å². The van der Waals surface area contributed by atoms with Gasteiger partial charge in [-0.05, 0) is 37.7 Å². The molecular weight excluding hydrogens is 263 g/mol. The van der Waals surface area contributed by atoms with E-state index >= 15 is 0 Å². The Bertz CT molecular complexity index is 571. The second kappa shape index (κ2) is 5.36. The lowest BCUT2D eigenvalue weighted by Crippen LogP contribution is -2.28. The predicted octanol–water partition coefficient (Wildman–Crippen LogP) is 2.95. The second-order valence-corrected chi connectivity index (χ2v) is 6.09. The molecule has 2 aromatic heterocycles. The molecule has 0 bridgehead atoms. The van der Waals surface area contributed by atoms with Crippen LogP contribution in [0.4, 0.5) is 10.3 Å². The molecule has 4 nitrogen and oxygen atoms in total. The summed E-state index contributed by atoms with van der Waals surface area (Å²) in [4.78, 5) is 4.37. The van der Waals surface area contributed by atoms with Crippen LogP contribution in [0, 0.1) is 5.82 Å². The molecule has 2 heterocycles. The standard InChI is InChI=1S/C13H17FN4S/c1-19-11-4-2-3-10(7-11)15-13-16-12-6-5-9(14)8-18(12)17-13/h5-6,8,10-11H,2-4,7H2,1H3,(H,15,17). The molecule has 1 saturated carbocycles. The summed E-state index contributed by atoms with van der Waals surface area (Å²) < 4.78 is 14.6. The molecule has 0 spiro atoms. The van der Waals surface area contributed by atoms with Crippen LogP contribution in [0.15, 0.2) is 18.3 Å². The Balaban J connectivity index is 1.74. The molecule has 1 N–H and O–H groups in total. The van der Waals surface area contributed by atoms with Gasteiger partial charge in [0.15, 0.2) is 5.65 Å². The smallest absolute Gasteiger partial charge is 0.243 e. The third kappa shape index (κ3) is 2.83. The molecule has 0 aliphatic heterocycles. The molecule has 0 radical (unpaired) electrons. The lowest BCUT2D eigenvalue weighted by molar-refractivity contribution is 0.471. The summed E-state index contributed by atoms with van der Waals surface area (Å²) in [5.41, 5.74) is 0.668. The van der Waals surface area contributed by atoms with Gasteiger partial charge in [0.1, 0.15) is 5.82 Å². The van der Waals surface area contributed by atoms with Crippen molar-refractivity contribution < 1.29 is 4.39 Å². The Hall–Kier alpha value is -1.30. The minimum Gasteiger partial charge on any atom is -0.350 e. The quantitative estimate of drug-likeness (QED) is 0.938. The van der Waals surface area contributed by atoms with E-state index in [1.54, 1.807) is 6.07 Å². The van der Waals surface area contributed by atoms with Crippen molar-refractivity contribution in [2.75, 3.05) is 11.6 Å².